The Kier molecular flexibility index (Phi) is 9.38. The van der Waals surface area contributed by atoms with E-state index in [0.717, 1.165) is 38.4 Å². The first-order valence-corrected chi connectivity index (χ1v) is 6.75. The molecule has 0 spiro atoms. The highest BCUT2D eigenvalue weighted by atomic mass is 15.3. The summed E-state index contributed by atoms with van der Waals surface area (Å²) in [6.45, 7) is 11.1. The summed E-state index contributed by atoms with van der Waals surface area (Å²) in [5.74, 6) is 0.969. The average molecular weight is 254 g/mol. The number of hydrogen-bond acceptors (Lipinski definition) is 2. The monoisotopic (exact) mass is 254 g/mol. The molecule has 0 saturated heterocycles. The van der Waals surface area contributed by atoms with Gasteiger partial charge in [-0.2, -0.15) is 0 Å². The molecule has 4 nitrogen and oxygen atoms in total. The molecular formula is C14H30N4. The lowest BCUT2D eigenvalue weighted by Gasteiger charge is -2.25. The van der Waals surface area contributed by atoms with E-state index in [1.54, 1.807) is 0 Å². The van der Waals surface area contributed by atoms with Crippen molar-refractivity contribution >= 4 is 5.96 Å². The molecule has 18 heavy (non-hydrogen) atoms. The predicted molar refractivity (Wildman–Crippen MR) is 81.2 cm³/mol. The fraction of sp³-hybridized carbons (Fsp3) is 0.786. The number of hydrogen-bond donors (Lipinski definition) is 1. The van der Waals surface area contributed by atoms with Gasteiger partial charge in [-0.15, -0.1) is 6.58 Å². The van der Waals surface area contributed by atoms with E-state index in [-0.39, 0.29) is 0 Å². The molecule has 0 unspecified atom stereocenters. The molecule has 0 heterocycles. The number of allylic oxidation sites excluding steroid dienone is 1. The normalized spacial score (nSPS) is 12.1. The summed E-state index contributed by atoms with van der Waals surface area (Å²) in [4.78, 5) is 8.78. The van der Waals surface area contributed by atoms with Crippen LogP contribution in [-0.2, 0) is 0 Å². The predicted octanol–water partition coefficient (Wildman–Crippen LogP) is 1.80. The first-order valence-electron chi connectivity index (χ1n) is 6.75. The van der Waals surface area contributed by atoms with Crippen molar-refractivity contribution in [3.8, 4) is 0 Å². The molecule has 0 fully saturated rings. The SMILES string of the molecule is C=CCCCN(C)C(=NC)NCCN(C)C(C)C. The smallest absolute Gasteiger partial charge is 0.193 e. The van der Waals surface area contributed by atoms with Crippen molar-refractivity contribution in [2.24, 2.45) is 4.99 Å². The highest BCUT2D eigenvalue weighted by Gasteiger charge is 2.06. The second-order valence-electron chi connectivity index (χ2n) is 4.90. The molecule has 0 atom stereocenters. The first-order chi connectivity index (χ1) is 8.52. The number of guanidine groups is 1. The van der Waals surface area contributed by atoms with Crippen LogP contribution in [0.1, 0.15) is 26.7 Å². The zero-order chi connectivity index (χ0) is 14.0. The largest absolute Gasteiger partial charge is 0.355 e. The topological polar surface area (TPSA) is 30.9 Å². The summed E-state index contributed by atoms with van der Waals surface area (Å²) in [7, 11) is 6.05. The third-order valence-corrected chi connectivity index (χ3v) is 3.10. The van der Waals surface area contributed by atoms with Crippen LogP contribution >= 0.6 is 0 Å². The second kappa shape index (κ2) is 9.95. The lowest BCUT2D eigenvalue weighted by molar-refractivity contribution is 0.277. The lowest BCUT2D eigenvalue weighted by atomic mass is 10.3. The van der Waals surface area contributed by atoms with Crippen LogP contribution in [-0.4, -0.2) is 62.6 Å². The molecule has 0 aliphatic carbocycles. The Balaban J connectivity index is 3.93. The van der Waals surface area contributed by atoms with E-state index in [4.69, 9.17) is 0 Å². The van der Waals surface area contributed by atoms with Gasteiger partial charge in [0.15, 0.2) is 5.96 Å². The van der Waals surface area contributed by atoms with Crippen LogP contribution in [0.4, 0.5) is 0 Å². The van der Waals surface area contributed by atoms with Gasteiger partial charge in [0.1, 0.15) is 0 Å². The zero-order valence-electron chi connectivity index (χ0n) is 12.7. The summed E-state index contributed by atoms with van der Waals surface area (Å²) in [5.41, 5.74) is 0. The molecule has 0 saturated carbocycles. The van der Waals surface area contributed by atoms with Crippen LogP contribution < -0.4 is 5.32 Å². The number of nitrogens with one attached hydrogen (secondary N) is 1. The Labute approximate surface area is 113 Å². The van der Waals surface area contributed by atoms with Crippen LogP contribution in [0.2, 0.25) is 0 Å². The van der Waals surface area contributed by atoms with Crippen LogP contribution in [0.5, 0.6) is 0 Å². The van der Waals surface area contributed by atoms with Crippen molar-refractivity contribution in [3.63, 3.8) is 0 Å². The molecule has 0 aliphatic heterocycles. The summed E-state index contributed by atoms with van der Waals surface area (Å²) < 4.78 is 0. The van der Waals surface area contributed by atoms with Gasteiger partial charge in [-0.1, -0.05) is 6.08 Å². The number of unbranched alkanes of at least 4 members (excludes halogenated alkanes) is 1. The molecule has 1 N–H and O–H groups in total. The number of aliphatic imine (C=N–C) groups is 1. The number of likely N-dealkylation sites (N-methyl/N-ethyl adjacent to an activating group) is 1. The Morgan fingerprint density at radius 3 is 2.50 bits per heavy atom. The van der Waals surface area contributed by atoms with Crippen molar-refractivity contribution < 1.29 is 0 Å². The van der Waals surface area contributed by atoms with Gasteiger partial charge in [0.05, 0.1) is 0 Å². The van der Waals surface area contributed by atoms with Gasteiger partial charge in [-0.3, -0.25) is 4.99 Å². The summed E-state index contributed by atoms with van der Waals surface area (Å²) in [6.07, 6.45) is 4.13. The van der Waals surface area contributed by atoms with Crippen molar-refractivity contribution in [1.82, 2.24) is 15.1 Å². The number of rotatable bonds is 8. The van der Waals surface area contributed by atoms with Gasteiger partial charge in [0.25, 0.3) is 0 Å². The molecule has 0 bridgehead atoms. The minimum absolute atomic E-state index is 0.583. The number of nitrogens with zero attached hydrogens (tertiary/aromatic N) is 3. The zero-order valence-corrected chi connectivity index (χ0v) is 12.7. The van der Waals surface area contributed by atoms with Crippen LogP contribution in [0.15, 0.2) is 17.6 Å². The fourth-order valence-corrected chi connectivity index (χ4v) is 1.57. The van der Waals surface area contributed by atoms with E-state index in [0.29, 0.717) is 6.04 Å². The highest BCUT2D eigenvalue weighted by molar-refractivity contribution is 5.79. The lowest BCUT2D eigenvalue weighted by Crippen LogP contribution is -2.43. The van der Waals surface area contributed by atoms with Gasteiger partial charge in [0, 0.05) is 39.8 Å². The molecule has 0 aromatic rings. The van der Waals surface area contributed by atoms with E-state index in [2.05, 4.69) is 54.6 Å². The maximum Gasteiger partial charge on any atom is 0.193 e. The third-order valence-electron chi connectivity index (χ3n) is 3.10. The maximum absolute atomic E-state index is 4.30. The van der Waals surface area contributed by atoms with Crippen molar-refractivity contribution in [2.75, 3.05) is 40.8 Å². The van der Waals surface area contributed by atoms with Gasteiger partial charge < -0.3 is 15.1 Å². The van der Waals surface area contributed by atoms with Crippen LogP contribution in [0.25, 0.3) is 0 Å². The Morgan fingerprint density at radius 1 is 1.33 bits per heavy atom. The molecule has 0 radical (unpaired) electrons. The molecule has 0 aromatic carbocycles. The molecule has 0 amide bonds. The van der Waals surface area contributed by atoms with E-state index in [1.165, 1.54) is 0 Å². The van der Waals surface area contributed by atoms with E-state index >= 15 is 0 Å². The molecule has 0 aliphatic rings. The Hall–Kier alpha value is -1.03. The fourth-order valence-electron chi connectivity index (χ4n) is 1.57. The quantitative estimate of drug-likeness (QED) is 0.310. The minimum atomic E-state index is 0.583. The summed E-state index contributed by atoms with van der Waals surface area (Å²) >= 11 is 0. The maximum atomic E-state index is 4.30. The van der Waals surface area contributed by atoms with Gasteiger partial charge in [-0.25, -0.2) is 0 Å². The van der Waals surface area contributed by atoms with Crippen LogP contribution in [0, 0.1) is 0 Å². The van der Waals surface area contributed by atoms with E-state index in [1.807, 2.05) is 13.1 Å². The molecular weight excluding hydrogens is 224 g/mol. The standard InChI is InChI=1S/C14H30N4/c1-7-8-9-11-18(6)14(15-4)16-10-12-17(5)13(2)3/h7,13H,1,8-12H2,2-6H3,(H,15,16). The molecule has 0 aromatic heterocycles. The summed E-state index contributed by atoms with van der Waals surface area (Å²) in [5, 5.41) is 3.39. The highest BCUT2D eigenvalue weighted by Crippen LogP contribution is 1.95. The van der Waals surface area contributed by atoms with Gasteiger partial charge in [-0.05, 0) is 33.7 Å². The van der Waals surface area contributed by atoms with Crippen molar-refractivity contribution in [2.45, 2.75) is 32.7 Å². The van der Waals surface area contributed by atoms with Gasteiger partial charge >= 0.3 is 0 Å². The van der Waals surface area contributed by atoms with Gasteiger partial charge in [0.2, 0.25) is 0 Å². The van der Waals surface area contributed by atoms with Crippen molar-refractivity contribution in [3.05, 3.63) is 12.7 Å². The third kappa shape index (κ3) is 7.33. The Morgan fingerprint density at radius 2 is 2.00 bits per heavy atom. The first kappa shape index (κ1) is 17.0. The molecule has 4 heteroatoms. The minimum Gasteiger partial charge on any atom is -0.355 e. The van der Waals surface area contributed by atoms with Crippen LogP contribution in [0.3, 0.4) is 0 Å². The summed E-state index contributed by atoms with van der Waals surface area (Å²) in [6, 6.07) is 0.583. The molecule has 106 valence electrons. The Bertz CT molecular complexity index is 248. The molecule has 0 rings (SSSR count). The van der Waals surface area contributed by atoms with Crippen molar-refractivity contribution in [1.29, 1.82) is 0 Å². The average Bonchev–Trinajstić information content (AvgIpc) is 2.34. The van der Waals surface area contributed by atoms with E-state index in [9.17, 15) is 0 Å². The van der Waals surface area contributed by atoms with E-state index < -0.39 is 0 Å². The second-order valence-corrected chi connectivity index (χ2v) is 4.90.